The third-order valence-corrected chi connectivity index (χ3v) is 3.29. The molecule has 0 aliphatic heterocycles. The van der Waals surface area contributed by atoms with Crippen LogP contribution >= 0.6 is 0 Å². The number of hydrogen-bond donors (Lipinski definition) is 2. The molecular weight excluding hydrogens is 186 g/mol. The van der Waals surface area contributed by atoms with Crippen molar-refractivity contribution in [2.75, 3.05) is 11.1 Å². The minimum atomic E-state index is 0.482. The van der Waals surface area contributed by atoms with E-state index in [-0.39, 0.29) is 0 Å². The minimum Gasteiger partial charge on any atom is -0.396 e. The quantitative estimate of drug-likeness (QED) is 0.797. The average molecular weight is 205 g/mol. The maximum atomic E-state index is 5.87. The Balaban J connectivity index is 2.05. The van der Waals surface area contributed by atoms with Gasteiger partial charge in [-0.2, -0.15) is 0 Å². The Bertz CT molecular complexity index is 345. The number of nitrogens with two attached hydrogens (primary N) is 1. The highest BCUT2D eigenvalue weighted by Gasteiger charge is 2.24. The van der Waals surface area contributed by atoms with Crippen LogP contribution in [0.5, 0.6) is 0 Å². The first-order valence-electron chi connectivity index (χ1n) is 5.66. The summed E-state index contributed by atoms with van der Waals surface area (Å²) in [6, 6.07) is 4.34. The molecule has 1 fully saturated rings. The largest absolute Gasteiger partial charge is 0.396 e. The Morgan fingerprint density at radius 2 is 2.20 bits per heavy atom. The van der Waals surface area contributed by atoms with Gasteiger partial charge in [0.1, 0.15) is 5.82 Å². The Morgan fingerprint density at radius 1 is 1.47 bits per heavy atom. The maximum Gasteiger partial charge on any atom is 0.149 e. The summed E-state index contributed by atoms with van der Waals surface area (Å²) in [6.45, 7) is 4.20. The number of anilines is 2. The maximum absolute atomic E-state index is 5.87. The predicted octanol–water partition coefficient (Wildman–Crippen LogP) is 2.57. The number of rotatable bonds is 3. The highest BCUT2D eigenvalue weighted by Crippen LogP contribution is 2.31. The highest BCUT2D eigenvalue weighted by molar-refractivity contribution is 5.61. The standard InChI is InChI=1S/C12H19N3/c1-8-6-7-11(13)12(14-8)15-9(2)10-4-3-5-10/h6-7,9-10H,3-5,13H2,1-2H3,(H,14,15). The van der Waals surface area contributed by atoms with Crippen LogP contribution in [0.3, 0.4) is 0 Å². The number of nitrogens with zero attached hydrogens (tertiary/aromatic N) is 1. The average Bonchev–Trinajstić information content (AvgIpc) is 2.08. The van der Waals surface area contributed by atoms with E-state index in [2.05, 4.69) is 17.2 Å². The van der Waals surface area contributed by atoms with E-state index in [1.807, 2.05) is 19.1 Å². The van der Waals surface area contributed by atoms with Crippen molar-refractivity contribution in [2.24, 2.45) is 5.92 Å². The monoisotopic (exact) mass is 205 g/mol. The van der Waals surface area contributed by atoms with E-state index in [4.69, 9.17) is 5.73 Å². The van der Waals surface area contributed by atoms with Gasteiger partial charge in [0.25, 0.3) is 0 Å². The van der Waals surface area contributed by atoms with Crippen molar-refractivity contribution in [1.82, 2.24) is 4.98 Å². The fourth-order valence-electron chi connectivity index (χ4n) is 1.96. The van der Waals surface area contributed by atoms with Crippen LogP contribution in [0.1, 0.15) is 31.9 Å². The molecule has 3 heteroatoms. The van der Waals surface area contributed by atoms with E-state index in [1.165, 1.54) is 19.3 Å². The summed E-state index contributed by atoms with van der Waals surface area (Å²) < 4.78 is 0. The molecule has 0 amide bonds. The van der Waals surface area contributed by atoms with Gasteiger partial charge in [-0.1, -0.05) is 6.42 Å². The summed E-state index contributed by atoms with van der Waals surface area (Å²) in [5.74, 6) is 1.64. The second-order valence-electron chi connectivity index (χ2n) is 4.51. The molecule has 15 heavy (non-hydrogen) atoms. The van der Waals surface area contributed by atoms with Crippen LogP contribution in [0.4, 0.5) is 11.5 Å². The molecule has 1 aliphatic rings. The van der Waals surface area contributed by atoms with Crippen molar-refractivity contribution in [3.8, 4) is 0 Å². The fourth-order valence-corrected chi connectivity index (χ4v) is 1.96. The van der Waals surface area contributed by atoms with Crippen molar-refractivity contribution >= 4 is 11.5 Å². The van der Waals surface area contributed by atoms with Crippen LogP contribution in [0.2, 0.25) is 0 Å². The zero-order chi connectivity index (χ0) is 10.8. The van der Waals surface area contributed by atoms with Crippen molar-refractivity contribution in [2.45, 2.75) is 39.2 Å². The van der Waals surface area contributed by atoms with Crippen molar-refractivity contribution in [3.63, 3.8) is 0 Å². The van der Waals surface area contributed by atoms with Crippen LogP contribution < -0.4 is 11.1 Å². The third kappa shape index (κ3) is 2.22. The van der Waals surface area contributed by atoms with Crippen LogP contribution in [-0.2, 0) is 0 Å². The van der Waals surface area contributed by atoms with E-state index < -0.39 is 0 Å². The molecule has 0 bridgehead atoms. The molecule has 1 aromatic heterocycles. The lowest BCUT2D eigenvalue weighted by Gasteiger charge is -2.32. The van der Waals surface area contributed by atoms with Crippen molar-refractivity contribution in [1.29, 1.82) is 0 Å². The van der Waals surface area contributed by atoms with E-state index in [1.54, 1.807) is 0 Å². The second kappa shape index (κ2) is 4.09. The Kier molecular flexibility index (Phi) is 2.80. The molecule has 1 aliphatic carbocycles. The molecule has 0 saturated heterocycles. The van der Waals surface area contributed by atoms with Crippen molar-refractivity contribution in [3.05, 3.63) is 17.8 Å². The van der Waals surface area contributed by atoms with Crippen LogP contribution in [-0.4, -0.2) is 11.0 Å². The summed E-state index contributed by atoms with van der Waals surface area (Å²) in [4.78, 5) is 4.42. The van der Waals surface area contributed by atoms with Gasteiger partial charge in [-0.05, 0) is 44.7 Å². The second-order valence-corrected chi connectivity index (χ2v) is 4.51. The van der Waals surface area contributed by atoms with Gasteiger partial charge in [0.15, 0.2) is 0 Å². The van der Waals surface area contributed by atoms with Gasteiger partial charge in [-0.25, -0.2) is 4.98 Å². The van der Waals surface area contributed by atoms with Gasteiger partial charge in [-0.15, -0.1) is 0 Å². The molecule has 3 nitrogen and oxygen atoms in total. The smallest absolute Gasteiger partial charge is 0.149 e. The molecule has 1 heterocycles. The molecular formula is C12H19N3. The van der Waals surface area contributed by atoms with E-state index >= 15 is 0 Å². The van der Waals surface area contributed by atoms with Crippen LogP contribution in [0, 0.1) is 12.8 Å². The van der Waals surface area contributed by atoms with Gasteiger partial charge in [0.2, 0.25) is 0 Å². The molecule has 1 unspecified atom stereocenters. The summed E-state index contributed by atoms with van der Waals surface area (Å²) in [5.41, 5.74) is 7.62. The van der Waals surface area contributed by atoms with Crippen molar-refractivity contribution < 1.29 is 0 Å². The number of hydrogen-bond acceptors (Lipinski definition) is 3. The lowest BCUT2D eigenvalue weighted by atomic mass is 9.80. The van der Waals surface area contributed by atoms with Crippen LogP contribution in [0.25, 0.3) is 0 Å². The number of pyridine rings is 1. The summed E-state index contributed by atoms with van der Waals surface area (Å²) in [6.07, 6.45) is 4.03. The predicted molar refractivity (Wildman–Crippen MR) is 63.8 cm³/mol. The summed E-state index contributed by atoms with van der Waals surface area (Å²) in [7, 11) is 0. The van der Waals surface area contributed by atoms with Gasteiger partial charge >= 0.3 is 0 Å². The lowest BCUT2D eigenvalue weighted by Crippen LogP contribution is -2.31. The fraction of sp³-hybridized carbons (Fsp3) is 0.583. The molecule has 0 aromatic carbocycles. The SMILES string of the molecule is Cc1ccc(N)c(NC(C)C2CCC2)n1. The third-order valence-electron chi connectivity index (χ3n) is 3.29. The van der Waals surface area contributed by atoms with Gasteiger partial charge in [0.05, 0.1) is 5.69 Å². The van der Waals surface area contributed by atoms with Gasteiger partial charge in [-0.3, -0.25) is 0 Å². The first-order valence-corrected chi connectivity index (χ1v) is 5.66. The highest BCUT2D eigenvalue weighted by atomic mass is 15.0. The number of nitrogens with one attached hydrogen (secondary N) is 1. The molecule has 3 N–H and O–H groups in total. The molecule has 1 atom stereocenters. The number of aryl methyl sites for hydroxylation is 1. The Morgan fingerprint density at radius 3 is 2.80 bits per heavy atom. The Labute approximate surface area is 91.1 Å². The first kappa shape index (κ1) is 10.3. The lowest BCUT2D eigenvalue weighted by molar-refractivity contribution is 0.285. The number of aromatic nitrogens is 1. The molecule has 0 spiro atoms. The number of nitrogen functional groups attached to an aromatic ring is 1. The van der Waals surface area contributed by atoms with E-state index in [0.29, 0.717) is 6.04 Å². The topological polar surface area (TPSA) is 50.9 Å². The normalized spacial score (nSPS) is 18.3. The zero-order valence-electron chi connectivity index (χ0n) is 9.46. The van der Waals surface area contributed by atoms with E-state index in [9.17, 15) is 0 Å². The van der Waals surface area contributed by atoms with Gasteiger partial charge in [0, 0.05) is 11.7 Å². The molecule has 82 valence electrons. The summed E-state index contributed by atoms with van der Waals surface area (Å²) in [5, 5.41) is 3.42. The zero-order valence-corrected chi connectivity index (χ0v) is 9.46. The van der Waals surface area contributed by atoms with E-state index in [0.717, 1.165) is 23.1 Å². The molecule has 2 rings (SSSR count). The first-order chi connectivity index (χ1) is 7.16. The summed E-state index contributed by atoms with van der Waals surface area (Å²) >= 11 is 0. The minimum absolute atomic E-state index is 0.482. The molecule has 1 aromatic rings. The molecule has 0 radical (unpaired) electrons. The molecule has 1 saturated carbocycles. The van der Waals surface area contributed by atoms with Gasteiger partial charge < -0.3 is 11.1 Å². The van der Waals surface area contributed by atoms with Crippen LogP contribution in [0.15, 0.2) is 12.1 Å². The Hall–Kier alpha value is -1.25.